The highest BCUT2D eigenvalue weighted by Crippen LogP contribution is 2.15. The SMILES string of the molecule is CC(NC(=O)c1ccc(F)c(N)c1)c1ccncc1. The third kappa shape index (κ3) is 3.07. The van der Waals surface area contributed by atoms with E-state index in [4.69, 9.17) is 5.73 Å². The van der Waals surface area contributed by atoms with Crippen molar-refractivity contribution in [3.63, 3.8) is 0 Å². The predicted octanol–water partition coefficient (Wildman–Crippen LogP) is 2.29. The number of carbonyl (C=O) groups excluding carboxylic acids is 1. The number of nitrogen functional groups attached to an aromatic ring is 1. The fraction of sp³-hybridized carbons (Fsp3) is 0.143. The van der Waals surface area contributed by atoms with Gasteiger partial charge >= 0.3 is 0 Å². The molecule has 1 aromatic heterocycles. The maximum atomic E-state index is 13.0. The summed E-state index contributed by atoms with van der Waals surface area (Å²) in [6, 6.07) is 7.39. The first-order valence-electron chi connectivity index (χ1n) is 5.83. The van der Waals surface area contributed by atoms with Crippen molar-refractivity contribution >= 4 is 11.6 Å². The van der Waals surface area contributed by atoms with E-state index in [1.165, 1.54) is 18.2 Å². The number of rotatable bonds is 3. The van der Waals surface area contributed by atoms with Gasteiger partial charge in [0.1, 0.15) is 5.82 Å². The van der Waals surface area contributed by atoms with Gasteiger partial charge in [-0.15, -0.1) is 0 Å². The number of nitrogens with zero attached hydrogens (tertiary/aromatic N) is 1. The van der Waals surface area contributed by atoms with Crippen LogP contribution in [0.15, 0.2) is 42.7 Å². The lowest BCUT2D eigenvalue weighted by Gasteiger charge is -2.14. The van der Waals surface area contributed by atoms with E-state index < -0.39 is 5.82 Å². The fourth-order valence-corrected chi connectivity index (χ4v) is 1.70. The van der Waals surface area contributed by atoms with Crippen LogP contribution >= 0.6 is 0 Å². The summed E-state index contributed by atoms with van der Waals surface area (Å²) >= 11 is 0. The minimum absolute atomic E-state index is 0.0378. The molecule has 4 nitrogen and oxygen atoms in total. The molecule has 5 heteroatoms. The van der Waals surface area contributed by atoms with Crippen molar-refractivity contribution in [1.29, 1.82) is 0 Å². The van der Waals surface area contributed by atoms with E-state index in [2.05, 4.69) is 10.3 Å². The van der Waals surface area contributed by atoms with Gasteiger partial charge in [0.05, 0.1) is 11.7 Å². The summed E-state index contributed by atoms with van der Waals surface area (Å²) in [7, 11) is 0. The van der Waals surface area contributed by atoms with Crippen molar-refractivity contribution < 1.29 is 9.18 Å². The van der Waals surface area contributed by atoms with Crippen LogP contribution in [0.4, 0.5) is 10.1 Å². The molecule has 1 heterocycles. The molecular formula is C14H14FN3O. The second kappa shape index (κ2) is 5.48. The number of anilines is 1. The first kappa shape index (κ1) is 13.0. The molecule has 1 aromatic carbocycles. The first-order valence-corrected chi connectivity index (χ1v) is 5.83. The Balaban J connectivity index is 2.11. The number of halogens is 1. The van der Waals surface area contributed by atoms with E-state index in [1.54, 1.807) is 12.4 Å². The highest BCUT2D eigenvalue weighted by Gasteiger charge is 2.12. The summed E-state index contributed by atoms with van der Waals surface area (Å²) in [6.45, 7) is 1.86. The molecule has 0 aliphatic rings. The zero-order valence-corrected chi connectivity index (χ0v) is 10.4. The van der Waals surface area contributed by atoms with Crippen molar-refractivity contribution in [2.24, 2.45) is 0 Å². The molecule has 0 aliphatic heterocycles. The van der Waals surface area contributed by atoms with Crippen molar-refractivity contribution in [3.8, 4) is 0 Å². The van der Waals surface area contributed by atoms with Gasteiger partial charge in [0.25, 0.3) is 5.91 Å². The molecule has 0 fully saturated rings. The maximum absolute atomic E-state index is 13.0. The second-order valence-corrected chi connectivity index (χ2v) is 4.21. The maximum Gasteiger partial charge on any atom is 0.251 e. The summed E-state index contributed by atoms with van der Waals surface area (Å²) in [6.07, 6.45) is 3.32. The van der Waals surface area contributed by atoms with Gasteiger partial charge in [-0.3, -0.25) is 9.78 Å². The molecule has 98 valence electrons. The number of aromatic nitrogens is 1. The van der Waals surface area contributed by atoms with Crippen molar-refractivity contribution in [3.05, 3.63) is 59.7 Å². The van der Waals surface area contributed by atoms with E-state index in [-0.39, 0.29) is 17.6 Å². The Morgan fingerprint density at radius 2 is 2.00 bits per heavy atom. The number of amides is 1. The molecular weight excluding hydrogens is 245 g/mol. The van der Waals surface area contributed by atoms with Crippen LogP contribution < -0.4 is 11.1 Å². The number of hydrogen-bond acceptors (Lipinski definition) is 3. The standard InChI is InChI=1S/C14H14FN3O/c1-9(10-4-6-17-7-5-10)18-14(19)11-2-3-12(15)13(16)8-11/h2-9H,16H2,1H3,(H,18,19). The molecule has 0 saturated carbocycles. The lowest BCUT2D eigenvalue weighted by atomic mass is 10.1. The molecule has 0 aliphatic carbocycles. The smallest absolute Gasteiger partial charge is 0.251 e. The Bertz CT molecular complexity index is 586. The van der Waals surface area contributed by atoms with Crippen LogP contribution in [0.5, 0.6) is 0 Å². The molecule has 2 rings (SSSR count). The highest BCUT2D eigenvalue weighted by atomic mass is 19.1. The fourth-order valence-electron chi connectivity index (χ4n) is 1.70. The third-order valence-corrected chi connectivity index (χ3v) is 2.81. The molecule has 19 heavy (non-hydrogen) atoms. The number of nitrogens with two attached hydrogens (primary N) is 1. The minimum Gasteiger partial charge on any atom is -0.396 e. The van der Waals surface area contributed by atoms with Gasteiger partial charge in [-0.05, 0) is 42.8 Å². The summed E-state index contributed by atoms with van der Waals surface area (Å²) in [5.74, 6) is -0.824. The average molecular weight is 259 g/mol. The van der Waals surface area contributed by atoms with Gasteiger partial charge < -0.3 is 11.1 Å². The van der Waals surface area contributed by atoms with Gasteiger partial charge in [-0.25, -0.2) is 4.39 Å². The normalized spacial score (nSPS) is 11.9. The molecule has 1 atom stereocenters. The number of pyridine rings is 1. The third-order valence-electron chi connectivity index (χ3n) is 2.81. The van der Waals surface area contributed by atoms with Crippen LogP contribution in [0.25, 0.3) is 0 Å². The number of carbonyl (C=O) groups is 1. The van der Waals surface area contributed by atoms with Gasteiger partial charge in [0.15, 0.2) is 0 Å². The van der Waals surface area contributed by atoms with E-state index in [1.807, 2.05) is 19.1 Å². The molecule has 2 aromatic rings. The largest absolute Gasteiger partial charge is 0.396 e. The minimum atomic E-state index is -0.529. The van der Waals surface area contributed by atoms with Crippen LogP contribution in [-0.2, 0) is 0 Å². The molecule has 0 saturated heterocycles. The number of hydrogen-bond donors (Lipinski definition) is 2. The molecule has 0 spiro atoms. The van der Waals surface area contributed by atoms with Crippen molar-refractivity contribution in [2.45, 2.75) is 13.0 Å². The van der Waals surface area contributed by atoms with Crippen molar-refractivity contribution in [1.82, 2.24) is 10.3 Å². The van der Waals surface area contributed by atoms with Gasteiger partial charge in [0, 0.05) is 18.0 Å². The molecule has 0 radical (unpaired) electrons. The average Bonchev–Trinajstić information content (AvgIpc) is 2.42. The summed E-state index contributed by atoms with van der Waals surface area (Å²) < 4.78 is 13.0. The molecule has 0 bridgehead atoms. The van der Waals surface area contributed by atoms with Crippen LogP contribution in [-0.4, -0.2) is 10.9 Å². The Morgan fingerprint density at radius 3 is 2.63 bits per heavy atom. The second-order valence-electron chi connectivity index (χ2n) is 4.21. The molecule has 1 amide bonds. The lowest BCUT2D eigenvalue weighted by Crippen LogP contribution is -2.26. The lowest BCUT2D eigenvalue weighted by molar-refractivity contribution is 0.0940. The summed E-state index contributed by atoms with van der Waals surface area (Å²) in [5, 5.41) is 2.81. The zero-order chi connectivity index (χ0) is 13.8. The Kier molecular flexibility index (Phi) is 3.75. The van der Waals surface area contributed by atoms with E-state index in [0.717, 1.165) is 5.56 Å². The van der Waals surface area contributed by atoms with E-state index in [0.29, 0.717) is 5.56 Å². The number of nitrogens with one attached hydrogen (secondary N) is 1. The first-order chi connectivity index (χ1) is 9.08. The van der Waals surface area contributed by atoms with Gasteiger partial charge in [0.2, 0.25) is 0 Å². The van der Waals surface area contributed by atoms with Gasteiger partial charge in [-0.2, -0.15) is 0 Å². The van der Waals surface area contributed by atoms with Crippen LogP contribution in [0.3, 0.4) is 0 Å². The topological polar surface area (TPSA) is 68.0 Å². The zero-order valence-electron chi connectivity index (χ0n) is 10.4. The highest BCUT2D eigenvalue weighted by molar-refractivity contribution is 5.95. The Labute approximate surface area is 110 Å². The monoisotopic (exact) mass is 259 g/mol. The predicted molar refractivity (Wildman–Crippen MR) is 70.9 cm³/mol. The summed E-state index contributed by atoms with van der Waals surface area (Å²) in [4.78, 5) is 15.9. The molecule has 3 N–H and O–H groups in total. The van der Waals surface area contributed by atoms with E-state index >= 15 is 0 Å². The Hall–Kier alpha value is -2.43. The quantitative estimate of drug-likeness (QED) is 0.831. The van der Waals surface area contributed by atoms with E-state index in [9.17, 15) is 9.18 Å². The van der Waals surface area contributed by atoms with Crippen LogP contribution in [0.2, 0.25) is 0 Å². The molecule has 1 unspecified atom stereocenters. The Morgan fingerprint density at radius 1 is 1.32 bits per heavy atom. The number of benzene rings is 1. The summed E-state index contributed by atoms with van der Waals surface area (Å²) in [5.41, 5.74) is 6.68. The van der Waals surface area contributed by atoms with Crippen LogP contribution in [0.1, 0.15) is 28.9 Å². The van der Waals surface area contributed by atoms with Gasteiger partial charge in [-0.1, -0.05) is 0 Å². The van der Waals surface area contributed by atoms with Crippen molar-refractivity contribution in [2.75, 3.05) is 5.73 Å². The van der Waals surface area contributed by atoms with Crippen LogP contribution in [0, 0.1) is 5.82 Å².